The molecule has 23 heavy (non-hydrogen) atoms. The number of hydrogen-bond donors (Lipinski definition) is 2. The predicted octanol–water partition coefficient (Wildman–Crippen LogP) is 2.51. The van der Waals surface area contributed by atoms with Gasteiger partial charge in [-0.2, -0.15) is 0 Å². The van der Waals surface area contributed by atoms with Crippen molar-refractivity contribution in [2.24, 2.45) is 0 Å². The van der Waals surface area contributed by atoms with Gasteiger partial charge in [0.05, 0.1) is 6.54 Å². The van der Waals surface area contributed by atoms with E-state index in [0.29, 0.717) is 17.9 Å². The van der Waals surface area contributed by atoms with Crippen molar-refractivity contribution >= 4 is 11.8 Å². The molecule has 0 aromatic heterocycles. The molecule has 5 heteroatoms. The zero-order valence-electron chi connectivity index (χ0n) is 12.6. The van der Waals surface area contributed by atoms with E-state index in [0.717, 1.165) is 5.75 Å². The number of hydrogen-bond acceptors (Lipinski definition) is 3. The van der Waals surface area contributed by atoms with Crippen LogP contribution in [0.3, 0.4) is 0 Å². The Balaban J connectivity index is 1.87. The number of rotatable bonds is 7. The maximum absolute atomic E-state index is 11.9. The average Bonchev–Trinajstić information content (AvgIpc) is 2.59. The Morgan fingerprint density at radius 1 is 0.957 bits per heavy atom. The summed E-state index contributed by atoms with van der Waals surface area (Å²) in [7, 11) is 0. The van der Waals surface area contributed by atoms with Gasteiger partial charge in [0.2, 0.25) is 5.91 Å². The second-order valence-corrected chi connectivity index (χ2v) is 4.71. The van der Waals surface area contributed by atoms with E-state index in [-0.39, 0.29) is 18.4 Å². The van der Waals surface area contributed by atoms with Gasteiger partial charge in [0, 0.05) is 12.1 Å². The monoisotopic (exact) mass is 310 g/mol. The van der Waals surface area contributed by atoms with Crippen molar-refractivity contribution in [3.8, 4) is 11.5 Å². The molecule has 118 valence electrons. The number of ether oxygens (including phenoxy) is 1. The van der Waals surface area contributed by atoms with Crippen LogP contribution >= 0.6 is 0 Å². The minimum atomic E-state index is -0.315. The molecule has 2 rings (SSSR count). The molecule has 0 fully saturated rings. The van der Waals surface area contributed by atoms with Crippen molar-refractivity contribution in [3.05, 3.63) is 72.8 Å². The maximum atomic E-state index is 11.9. The third-order valence-electron chi connectivity index (χ3n) is 2.95. The second kappa shape index (κ2) is 8.38. The van der Waals surface area contributed by atoms with Crippen LogP contribution in [0.25, 0.3) is 0 Å². The molecular formula is C18H18N2O3. The third-order valence-corrected chi connectivity index (χ3v) is 2.95. The molecule has 2 amide bonds. The molecule has 2 N–H and O–H groups in total. The molecule has 0 atom stereocenters. The first-order valence-corrected chi connectivity index (χ1v) is 7.18. The number of para-hydroxylation sites is 1. The highest BCUT2D eigenvalue weighted by atomic mass is 16.5. The Labute approximate surface area is 135 Å². The fourth-order valence-electron chi connectivity index (χ4n) is 1.81. The lowest BCUT2D eigenvalue weighted by Gasteiger charge is -2.07. The molecule has 0 spiro atoms. The summed E-state index contributed by atoms with van der Waals surface area (Å²) in [5.74, 6) is 0.785. The first-order valence-electron chi connectivity index (χ1n) is 7.18. The number of carbonyl (C=O) groups excluding carboxylic acids is 2. The van der Waals surface area contributed by atoms with Gasteiger partial charge in [-0.05, 0) is 36.4 Å². The molecular weight excluding hydrogens is 292 g/mol. The molecule has 0 radical (unpaired) electrons. The molecule has 0 heterocycles. The van der Waals surface area contributed by atoms with Crippen molar-refractivity contribution in [2.45, 2.75) is 0 Å². The molecule has 2 aromatic rings. The summed E-state index contributed by atoms with van der Waals surface area (Å²) in [6.45, 7) is 3.80. The Bertz CT molecular complexity index is 666. The predicted molar refractivity (Wildman–Crippen MR) is 88.5 cm³/mol. The quantitative estimate of drug-likeness (QED) is 0.772. The minimum absolute atomic E-state index is 0.0745. The summed E-state index contributed by atoms with van der Waals surface area (Å²) in [5.41, 5.74) is 0.460. The molecule has 5 nitrogen and oxygen atoms in total. The molecule has 0 saturated heterocycles. The smallest absolute Gasteiger partial charge is 0.251 e. The van der Waals surface area contributed by atoms with Gasteiger partial charge < -0.3 is 15.4 Å². The lowest BCUT2D eigenvalue weighted by atomic mass is 10.2. The van der Waals surface area contributed by atoms with Gasteiger partial charge in [0.1, 0.15) is 11.5 Å². The molecule has 2 aromatic carbocycles. The highest BCUT2D eigenvalue weighted by molar-refractivity contribution is 5.96. The zero-order valence-corrected chi connectivity index (χ0v) is 12.6. The number of benzene rings is 2. The lowest BCUT2D eigenvalue weighted by Crippen LogP contribution is -2.36. The molecule has 0 saturated carbocycles. The van der Waals surface area contributed by atoms with Crippen molar-refractivity contribution in [1.82, 2.24) is 10.6 Å². The van der Waals surface area contributed by atoms with Crippen LogP contribution in [0, 0.1) is 0 Å². The molecule has 0 aliphatic heterocycles. The standard InChI is InChI=1S/C18H18N2O3/c1-2-12-19-17(21)13-20-18(22)14-8-10-16(11-9-14)23-15-6-4-3-5-7-15/h2-11H,1,12-13H2,(H,19,21)(H,20,22). The van der Waals surface area contributed by atoms with Crippen molar-refractivity contribution in [3.63, 3.8) is 0 Å². The van der Waals surface area contributed by atoms with Gasteiger partial charge in [0.15, 0.2) is 0 Å². The van der Waals surface area contributed by atoms with E-state index in [1.807, 2.05) is 30.3 Å². The van der Waals surface area contributed by atoms with Gasteiger partial charge in [0.25, 0.3) is 5.91 Å². The lowest BCUT2D eigenvalue weighted by molar-refractivity contribution is -0.119. The molecule has 0 aliphatic rings. The second-order valence-electron chi connectivity index (χ2n) is 4.71. The van der Waals surface area contributed by atoms with E-state index in [1.54, 1.807) is 30.3 Å². The highest BCUT2D eigenvalue weighted by Gasteiger charge is 2.08. The van der Waals surface area contributed by atoms with Crippen molar-refractivity contribution < 1.29 is 14.3 Å². The largest absolute Gasteiger partial charge is 0.457 e. The first kappa shape index (κ1) is 16.3. The average molecular weight is 310 g/mol. The number of amides is 2. The Morgan fingerprint density at radius 2 is 1.61 bits per heavy atom. The Kier molecular flexibility index (Phi) is 5.94. The van der Waals surface area contributed by atoms with Crippen LogP contribution in [0.15, 0.2) is 67.3 Å². The van der Waals surface area contributed by atoms with Crippen LogP contribution < -0.4 is 15.4 Å². The van der Waals surface area contributed by atoms with E-state index >= 15 is 0 Å². The summed E-state index contributed by atoms with van der Waals surface area (Å²) in [4.78, 5) is 23.3. The molecule has 0 bridgehead atoms. The van der Waals surface area contributed by atoms with Gasteiger partial charge in [-0.1, -0.05) is 24.3 Å². The van der Waals surface area contributed by atoms with Crippen molar-refractivity contribution in [2.75, 3.05) is 13.1 Å². The van der Waals surface area contributed by atoms with Gasteiger partial charge in [-0.3, -0.25) is 9.59 Å². The maximum Gasteiger partial charge on any atom is 0.251 e. The summed E-state index contributed by atoms with van der Waals surface area (Å²) < 4.78 is 5.65. The van der Waals surface area contributed by atoms with E-state index in [4.69, 9.17) is 4.74 Å². The summed E-state index contributed by atoms with van der Waals surface area (Å²) in [5, 5.41) is 5.13. The normalized spacial score (nSPS) is 9.74. The Hall–Kier alpha value is -3.08. The summed E-state index contributed by atoms with van der Waals surface area (Å²) in [6.07, 6.45) is 1.57. The van der Waals surface area contributed by atoms with Gasteiger partial charge in [-0.25, -0.2) is 0 Å². The topological polar surface area (TPSA) is 67.4 Å². The van der Waals surface area contributed by atoms with E-state index < -0.39 is 0 Å². The van der Waals surface area contributed by atoms with Crippen molar-refractivity contribution in [1.29, 1.82) is 0 Å². The molecule has 0 unspecified atom stereocenters. The minimum Gasteiger partial charge on any atom is -0.457 e. The van der Waals surface area contributed by atoms with Crippen LogP contribution in [0.4, 0.5) is 0 Å². The van der Waals surface area contributed by atoms with E-state index in [1.165, 1.54) is 0 Å². The highest BCUT2D eigenvalue weighted by Crippen LogP contribution is 2.20. The van der Waals surface area contributed by atoms with E-state index in [2.05, 4.69) is 17.2 Å². The summed E-state index contributed by atoms with van der Waals surface area (Å²) in [6, 6.07) is 16.1. The first-order chi connectivity index (χ1) is 11.2. The third kappa shape index (κ3) is 5.32. The van der Waals surface area contributed by atoms with Crippen LogP contribution in [0.1, 0.15) is 10.4 Å². The van der Waals surface area contributed by atoms with Crippen LogP contribution in [0.5, 0.6) is 11.5 Å². The SMILES string of the molecule is C=CCNC(=O)CNC(=O)c1ccc(Oc2ccccc2)cc1. The van der Waals surface area contributed by atoms with Crippen LogP contribution in [-0.2, 0) is 4.79 Å². The van der Waals surface area contributed by atoms with Gasteiger partial charge in [-0.15, -0.1) is 6.58 Å². The number of nitrogens with one attached hydrogen (secondary N) is 2. The van der Waals surface area contributed by atoms with E-state index in [9.17, 15) is 9.59 Å². The fourth-order valence-corrected chi connectivity index (χ4v) is 1.81. The summed E-state index contributed by atoms with van der Waals surface area (Å²) >= 11 is 0. The fraction of sp³-hybridized carbons (Fsp3) is 0.111. The Morgan fingerprint density at radius 3 is 2.26 bits per heavy atom. The zero-order chi connectivity index (χ0) is 16.5. The molecule has 0 aliphatic carbocycles. The van der Waals surface area contributed by atoms with Crippen LogP contribution in [-0.4, -0.2) is 24.9 Å². The van der Waals surface area contributed by atoms with Crippen LogP contribution in [0.2, 0.25) is 0 Å². The van der Waals surface area contributed by atoms with Gasteiger partial charge >= 0.3 is 0 Å². The number of carbonyl (C=O) groups is 2.